The van der Waals surface area contributed by atoms with Gasteiger partial charge in [-0.05, 0) is 28.5 Å². The molecule has 1 heteroatoms. The van der Waals surface area contributed by atoms with E-state index >= 15 is 0 Å². The normalized spacial score (nSPS) is 11.3. The second-order valence-corrected chi connectivity index (χ2v) is 6.05. The molecular formula is C23H15N. The van der Waals surface area contributed by atoms with Gasteiger partial charge in [0.05, 0.1) is 11.0 Å². The summed E-state index contributed by atoms with van der Waals surface area (Å²) in [6.07, 6.45) is 0. The van der Waals surface area contributed by atoms with Gasteiger partial charge >= 0.3 is 0 Å². The lowest BCUT2D eigenvalue weighted by molar-refractivity contribution is 1.50. The van der Waals surface area contributed by atoms with Crippen molar-refractivity contribution >= 4 is 32.6 Å². The highest BCUT2D eigenvalue weighted by molar-refractivity contribution is 6.19. The van der Waals surface area contributed by atoms with Crippen molar-refractivity contribution in [2.24, 2.45) is 0 Å². The Balaban J connectivity index is 2.10. The molecule has 0 aliphatic rings. The molecule has 112 valence electrons. The second kappa shape index (κ2) is 5.17. The smallest absolute Gasteiger partial charge is 0.0722 e. The van der Waals surface area contributed by atoms with Gasteiger partial charge in [0.1, 0.15) is 0 Å². The molecule has 24 heavy (non-hydrogen) atoms. The van der Waals surface area contributed by atoms with Crippen LogP contribution >= 0.6 is 0 Å². The summed E-state index contributed by atoms with van der Waals surface area (Å²) in [5.74, 6) is 0. The van der Waals surface area contributed by atoms with Crippen molar-refractivity contribution in [3.8, 4) is 11.1 Å². The topological polar surface area (TPSA) is 12.9 Å². The number of hydrogen-bond acceptors (Lipinski definition) is 1. The molecule has 5 aromatic rings. The lowest BCUT2D eigenvalue weighted by atomic mass is 9.93. The summed E-state index contributed by atoms with van der Waals surface area (Å²) >= 11 is 0. The average molecular weight is 305 g/mol. The van der Waals surface area contributed by atoms with Crippen LogP contribution in [0.5, 0.6) is 0 Å². The molecule has 0 bridgehead atoms. The van der Waals surface area contributed by atoms with Crippen LogP contribution in [0.25, 0.3) is 43.7 Å². The van der Waals surface area contributed by atoms with Gasteiger partial charge in [-0.3, -0.25) is 0 Å². The molecule has 1 heterocycles. The minimum atomic E-state index is 1.04. The first-order valence-electron chi connectivity index (χ1n) is 8.17. The zero-order valence-corrected chi connectivity index (χ0v) is 13.1. The Morgan fingerprint density at radius 3 is 2.08 bits per heavy atom. The summed E-state index contributed by atoms with van der Waals surface area (Å²) in [6, 6.07) is 31.9. The number of pyridine rings is 1. The molecule has 1 aromatic heterocycles. The Kier molecular flexibility index (Phi) is 2.86. The third-order valence-electron chi connectivity index (χ3n) is 4.63. The monoisotopic (exact) mass is 305 g/mol. The Labute approximate surface area is 140 Å². The maximum Gasteiger partial charge on any atom is 0.0722 e. The van der Waals surface area contributed by atoms with Gasteiger partial charge in [0, 0.05) is 16.3 Å². The van der Waals surface area contributed by atoms with E-state index in [1.165, 1.54) is 32.7 Å². The molecule has 0 saturated carbocycles. The van der Waals surface area contributed by atoms with Crippen molar-refractivity contribution in [1.82, 2.24) is 4.98 Å². The fourth-order valence-corrected chi connectivity index (χ4v) is 3.57. The SMILES string of the molecule is c1ccc(-c2c3ccccc3nc3ccc4ccccc4c23)cc1. The van der Waals surface area contributed by atoms with Crippen LogP contribution < -0.4 is 0 Å². The van der Waals surface area contributed by atoms with E-state index in [4.69, 9.17) is 4.98 Å². The number of aromatic nitrogens is 1. The minimum Gasteiger partial charge on any atom is -0.248 e. The molecule has 0 aliphatic carbocycles. The van der Waals surface area contributed by atoms with Crippen LogP contribution in [0, 0.1) is 0 Å². The van der Waals surface area contributed by atoms with Gasteiger partial charge < -0.3 is 0 Å². The molecule has 1 nitrogen and oxygen atoms in total. The van der Waals surface area contributed by atoms with Crippen LogP contribution in [0.4, 0.5) is 0 Å². The van der Waals surface area contributed by atoms with Gasteiger partial charge in [0.15, 0.2) is 0 Å². The van der Waals surface area contributed by atoms with Crippen molar-refractivity contribution in [2.45, 2.75) is 0 Å². The van der Waals surface area contributed by atoms with E-state index in [2.05, 4.69) is 91.0 Å². The summed E-state index contributed by atoms with van der Waals surface area (Å²) in [7, 11) is 0. The van der Waals surface area contributed by atoms with E-state index in [1.807, 2.05) is 0 Å². The Bertz CT molecular complexity index is 1190. The van der Waals surface area contributed by atoms with Gasteiger partial charge in [-0.1, -0.05) is 78.9 Å². The predicted octanol–water partition coefficient (Wildman–Crippen LogP) is 6.21. The number of fused-ring (bicyclic) bond motifs is 4. The minimum absolute atomic E-state index is 1.04. The zero-order chi connectivity index (χ0) is 15.9. The Morgan fingerprint density at radius 2 is 1.21 bits per heavy atom. The van der Waals surface area contributed by atoms with Gasteiger partial charge in [0.2, 0.25) is 0 Å². The number of benzene rings is 4. The summed E-state index contributed by atoms with van der Waals surface area (Å²) in [6.45, 7) is 0. The summed E-state index contributed by atoms with van der Waals surface area (Å²) in [4.78, 5) is 4.91. The van der Waals surface area contributed by atoms with Crippen LogP contribution in [0.3, 0.4) is 0 Å². The molecule has 0 atom stereocenters. The number of hydrogen-bond donors (Lipinski definition) is 0. The molecule has 0 fully saturated rings. The Morgan fingerprint density at radius 1 is 0.500 bits per heavy atom. The van der Waals surface area contributed by atoms with Gasteiger partial charge in [-0.25, -0.2) is 4.98 Å². The number of nitrogens with zero attached hydrogens (tertiary/aromatic N) is 1. The van der Waals surface area contributed by atoms with Crippen molar-refractivity contribution in [1.29, 1.82) is 0 Å². The standard InChI is InChI=1S/C23H15N/c1-2-9-17(10-3-1)22-19-12-6-7-13-20(19)24-21-15-14-16-8-4-5-11-18(16)23(21)22/h1-15H. The molecule has 0 radical (unpaired) electrons. The van der Waals surface area contributed by atoms with Crippen molar-refractivity contribution < 1.29 is 0 Å². The zero-order valence-electron chi connectivity index (χ0n) is 13.1. The molecular weight excluding hydrogens is 290 g/mol. The highest BCUT2D eigenvalue weighted by Crippen LogP contribution is 2.38. The molecule has 0 N–H and O–H groups in total. The van der Waals surface area contributed by atoms with Crippen molar-refractivity contribution in [3.05, 3.63) is 91.0 Å². The van der Waals surface area contributed by atoms with Crippen LogP contribution in [0.2, 0.25) is 0 Å². The summed E-state index contributed by atoms with van der Waals surface area (Å²) in [5, 5.41) is 4.94. The van der Waals surface area contributed by atoms with E-state index in [-0.39, 0.29) is 0 Å². The molecule has 4 aromatic carbocycles. The fourth-order valence-electron chi connectivity index (χ4n) is 3.57. The molecule has 0 spiro atoms. The second-order valence-electron chi connectivity index (χ2n) is 6.05. The molecule has 0 aliphatic heterocycles. The lowest BCUT2D eigenvalue weighted by Crippen LogP contribution is -1.90. The predicted molar refractivity (Wildman–Crippen MR) is 102 cm³/mol. The maximum atomic E-state index is 4.91. The first-order chi connectivity index (χ1) is 11.9. The van der Waals surface area contributed by atoms with E-state index in [1.54, 1.807) is 0 Å². The van der Waals surface area contributed by atoms with Gasteiger partial charge in [-0.15, -0.1) is 0 Å². The third kappa shape index (κ3) is 1.92. The fraction of sp³-hybridized carbons (Fsp3) is 0. The number of para-hydroxylation sites is 1. The molecule has 0 unspecified atom stereocenters. The summed E-state index contributed by atoms with van der Waals surface area (Å²) in [5.41, 5.74) is 4.59. The summed E-state index contributed by atoms with van der Waals surface area (Å²) < 4.78 is 0. The van der Waals surface area contributed by atoms with Crippen LogP contribution in [0.15, 0.2) is 91.0 Å². The molecule has 0 saturated heterocycles. The average Bonchev–Trinajstić information content (AvgIpc) is 2.66. The third-order valence-corrected chi connectivity index (χ3v) is 4.63. The van der Waals surface area contributed by atoms with E-state index < -0.39 is 0 Å². The van der Waals surface area contributed by atoms with Crippen LogP contribution in [-0.2, 0) is 0 Å². The van der Waals surface area contributed by atoms with Gasteiger partial charge in [-0.2, -0.15) is 0 Å². The first kappa shape index (κ1) is 13.3. The van der Waals surface area contributed by atoms with Crippen LogP contribution in [0.1, 0.15) is 0 Å². The van der Waals surface area contributed by atoms with Crippen molar-refractivity contribution in [3.63, 3.8) is 0 Å². The molecule has 5 rings (SSSR count). The Hall–Kier alpha value is -3.19. The first-order valence-corrected chi connectivity index (χ1v) is 8.17. The van der Waals surface area contributed by atoms with Crippen LogP contribution in [-0.4, -0.2) is 4.98 Å². The number of rotatable bonds is 1. The van der Waals surface area contributed by atoms with E-state index in [9.17, 15) is 0 Å². The highest BCUT2D eigenvalue weighted by Gasteiger charge is 2.13. The highest BCUT2D eigenvalue weighted by atomic mass is 14.7. The largest absolute Gasteiger partial charge is 0.248 e. The van der Waals surface area contributed by atoms with E-state index in [0.29, 0.717) is 0 Å². The van der Waals surface area contributed by atoms with Gasteiger partial charge in [0.25, 0.3) is 0 Å². The van der Waals surface area contributed by atoms with Crippen molar-refractivity contribution in [2.75, 3.05) is 0 Å². The van der Waals surface area contributed by atoms with E-state index in [0.717, 1.165) is 11.0 Å². The lowest BCUT2D eigenvalue weighted by Gasteiger charge is -2.13. The quantitative estimate of drug-likeness (QED) is 0.265. The molecule has 0 amide bonds. The maximum absolute atomic E-state index is 4.91.